The molecule has 192 valence electrons. The third kappa shape index (κ3) is 5.35. The number of fused-ring (bicyclic) bond motifs is 1. The van der Waals surface area contributed by atoms with Crippen molar-refractivity contribution >= 4 is 29.0 Å². The SMILES string of the molecule is COc1cccc(Cc2nc3c(c(N4CCOCC4)n2)CN(C(=O)c2ccc([N+](=O)[O-])cc2Cl)CC3)c1. The number of hydrogen-bond donors (Lipinski definition) is 0. The highest BCUT2D eigenvalue weighted by molar-refractivity contribution is 6.34. The molecule has 2 aliphatic heterocycles. The monoisotopic (exact) mass is 523 g/mol. The second-order valence-corrected chi connectivity index (χ2v) is 9.32. The first-order chi connectivity index (χ1) is 17.9. The van der Waals surface area contributed by atoms with Crippen molar-refractivity contribution in [2.24, 2.45) is 0 Å². The maximum atomic E-state index is 13.4. The first-order valence-electron chi connectivity index (χ1n) is 12.0. The lowest BCUT2D eigenvalue weighted by Crippen LogP contribution is -2.41. The molecular weight excluding hydrogens is 498 g/mol. The number of nitro groups is 1. The third-order valence-electron chi connectivity index (χ3n) is 6.57. The number of hydrogen-bond acceptors (Lipinski definition) is 8. The Kier molecular flexibility index (Phi) is 7.20. The number of rotatable bonds is 6. The molecular formula is C26H26ClN5O5. The van der Waals surface area contributed by atoms with E-state index in [0.717, 1.165) is 28.4 Å². The summed E-state index contributed by atoms with van der Waals surface area (Å²) in [4.78, 5) is 37.6. The zero-order valence-electron chi connectivity index (χ0n) is 20.4. The number of anilines is 1. The van der Waals surface area contributed by atoms with Gasteiger partial charge < -0.3 is 19.3 Å². The minimum Gasteiger partial charge on any atom is -0.497 e. The molecule has 37 heavy (non-hydrogen) atoms. The fourth-order valence-corrected chi connectivity index (χ4v) is 4.92. The van der Waals surface area contributed by atoms with Gasteiger partial charge in [0.15, 0.2) is 0 Å². The van der Waals surface area contributed by atoms with E-state index in [0.29, 0.717) is 58.1 Å². The van der Waals surface area contributed by atoms with Crippen molar-refractivity contribution in [3.8, 4) is 5.75 Å². The number of benzene rings is 2. The van der Waals surface area contributed by atoms with Crippen LogP contribution in [0.5, 0.6) is 5.75 Å². The maximum absolute atomic E-state index is 13.4. The average Bonchev–Trinajstić information content (AvgIpc) is 2.92. The molecule has 0 saturated carbocycles. The van der Waals surface area contributed by atoms with Gasteiger partial charge in [-0.3, -0.25) is 14.9 Å². The van der Waals surface area contributed by atoms with E-state index in [1.807, 2.05) is 24.3 Å². The number of halogens is 1. The molecule has 2 aromatic carbocycles. The quantitative estimate of drug-likeness (QED) is 0.355. The number of amides is 1. The number of non-ortho nitro benzene ring substituents is 1. The van der Waals surface area contributed by atoms with Crippen LogP contribution in [0.25, 0.3) is 0 Å². The summed E-state index contributed by atoms with van der Waals surface area (Å²) in [5.41, 5.74) is 2.96. The molecule has 1 amide bonds. The largest absolute Gasteiger partial charge is 0.497 e. The van der Waals surface area contributed by atoms with Crippen molar-refractivity contribution in [1.82, 2.24) is 14.9 Å². The van der Waals surface area contributed by atoms with E-state index >= 15 is 0 Å². The lowest BCUT2D eigenvalue weighted by Gasteiger charge is -2.34. The lowest BCUT2D eigenvalue weighted by atomic mass is 10.0. The number of morpholine rings is 1. The van der Waals surface area contributed by atoms with Crippen LogP contribution in [0.1, 0.15) is 33.0 Å². The van der Waals surface area contributed by atoms with Crippen LogP contribution in [0.2, 0.25) is 5.02 Å². The zero-order valence-corrected chi connectivity index (χ0v) is 21.1. The molecule has 0 bridgehead atoms. The minimum absolute atomic E-state index is 0.0586. The molecule has 0 spiro atoms. The summed E-state index contributed by atoms with van der Waals surface area (Å²) in [5, 5.41) is 11.1. The molecule has 5 rings (SSSR count). The third-order valence-corrected chi connectivity index (χ3v) is 6.89. The Morgan fingerprint density at radius 2 is 1.97 bits per heavy atom. The molecule has 1 fully saturated rings. The van der Waals surface area contributed by atoms with Gasteiger partial charge in [-0.15, -0.1) is 0 Å². The summed E-state index contributed by atoms with van der Waals surface area (Å²) in [7, 11) is 1.64. The van der Waals surface area contributed by atoms with Crippen LogP contribution in [-0.2, 0) is 24.1 Å². The predicted octanol–water partition coefficient (Wildman–Crippen LogP) is 3.67. The van der Waals surface area contributed by atoms with E-state index in [2.05, 4.69) is 4.90 Å². The van der Waals surface area contributed by atoms with Crippen molar-refractivity contribution in [3.63, 3.8) is 0 Å². The molecule has 11 heteroatoms. The highest BCUT2D eigenvalue weighted by Gasteiger charge is 2.30. The Morgan fingerprint density at radius 1 is 1.16 bits per heavy atom. The lowest BCUT2D eigenvalue weighted by molar-refractivity contribution is -0.384. The van der Waals surface area contributed by atoms with Crippen LogP contribution in [-0.4, -0.2) is 65.7 Å². The molecule has 0 aliphatic carbocycles. The van der Waals surface area contributed by atoms with Gasteiger partial charge in [-0.05, 0) is 23.8 Å². The van der Waals surface area contributed by atoms with Crippen molar-refractivity contribution in [1.29, 1.82) is 0 Å². The van der Waals surface area contributed by atoms with E-state index in [9.17, 15) is 14.9 Å². The Morgan fingerprint density at radius 3 is 2.70 bits per heavy atom. The van der Waals surface area contributed by atoms with Crippen molar-refractivity contribution < 1.29 is 19.2 Å². The van der Waals surface area contributed by atoms with E-state index in [4.69, 9.17) is 31.0 Å². The Labute approximate surface area is 218 Å². The maximum Gasteiger partial charge on any atom is 0.270 e. The van der Waals surface area contributed by atoms with Crippen LogP contribution in [0.4, 0.5) is 11.5 Å². The van der Waals surface area contributed by atoms with Gasteiger partial charge in [-0.1, -0.05) is 23.7 Å². The molecule has 3 heterocycles. The number of nitro benzene ring substituents is 1. The van der Waals surface area contributed by atoms with Crippen molar-refractivity contribution in [2.75, 3.05) is 44.9 Å². The highest BCUT2D eigenvalue weighted by Crippen LogP contribution is 2.31. The Bertz CT molecular complexity index is 1340. The van der Waals surface area contributed by atoms with Crippen molar-refractivity contribution in [2.45, 2.75) is 19.4 Å². The van der Waals surface area contributed by atoms with Crippen LogP contribution in [0, 0.1) is 10.1 Å². The zero-order chi connectivity index (χ0) is 25.9. The Hall–Kier alpha value is -3.76. The van der Waals surface area contributed by atoms with Gasteiger partial charge >= 0.3 is 0 Å². The number of aromatic nitrogens is 2. The summed E-state index contributed by atoms with van der Waals surface area (Å²) in [5.74, 6) is 2.03. The predicted molar refractivity (Wildman–Crippen MR) is 137 cm³/mol. The van der Waals surface area contributed by atoms with Crippen LogP contribution < -0.4 is 9.64 Å². The number of nitrogens with zero attached hydrogens (tertiary/aromatic N) is 5. The molecule has 0 radical (unpaired) electrons. The normalized spacial score (nSPS) is 15.3. The van der Waals surface area contributed by atoms with Gasteiger partial charge in [0.25, 0.3) is 11.6 Å². The summed E-state index contributed by atoms with van der Waals surface area (Å²) in [6, 6.07) is 11.8. The van der Waals surface area contributed by atoms with Gasteiger partial charge in [-0.2, -0.15) is 0 Å². The summed E-state index contributed by atoms with van der Waals surface area (Å²) in [6.45, 7) is 3.38. The van der Waals surface area contributed by atoms with Gasteiger partial charge in [0.1, 0.15) is 17.4 Å². The summed E-state index contributed by atoms with van der Waals surface area (Å²) < 4.78 is 10.9. The van der Waals surface area contributed by atoms with Crippen LogP contribution in [0.15, 0.2) is 42.5 Å². The van der Waals surface area contributed by atoms with E-state index < -0.39 is 4.92 Å². The smallest absolute Gasteiger partial charge is 0.270 e. The number of ether oxygens (including phenoxy) is 2. The molecule has 1 saturated heterocycles. The molecule has 10 nitrogen and oxygen atoms in total. The summed E-state index contributed by atoms with van der Waals surface area (Å²) in [6.07, 6.45) is 1.12. The molecule has 3 aromatic rings. The topological polar surface area (TPSA) is 111 Å². The highest BCUT2D eigenvalue weighted by atomic mass is 35.5. The first-order valence-corrected chi connectivity index (χ1v) is 12.4. The van der Waals surface area contributed by atoms with E-state index in [1.54, 1.807) is 12.0 Å². The van der Waals surface area contributed by atoms with Crippen LogP contribution in [0.3, 0.4) is 0 Å². The first kappa shape index (κ1) is 24.9. The minimum atomic E-state index is -0.535. The van der Waals surface area contributed by atoms with Gasteiger partial charge in [0, 0.05) is 50.2 Å². The van der Waals surface area contributed by atoms with E-state index in [-0.39, 0.29) is 22.2 Å². The molecule has 2 aliphatic rings. The average molecular weight is 524 g/mol. The molecule has 0 unspecified atom stereocenters. The fourth-order valence-electron chi connectivity index (χ4n) is 4.66. The van der Waals surface area contributed by atoms with E-state index in [1.165, 1.54) is 18.2 Å². The molecule has 0 N–H and O–H groups in total. The number of carbonyl (C=O) groups is 1. The second kappa shape index (κ2) is 10.7. The van der Waals surface area contributed by atoms with Crippen molar-refractivity contribution in [3.05, 3.63) is 85.8 Å². The number of carbonyl (C=O) groups excluding carboxylic acids is 1. The van der Waals surface area contributed by atoms with Gasteiger partial charge in [0.05, 0.1) is 48.1 Å². The fraction of sp³-hybridized carbons (Fsp3) is 0.346. The number of methoxy groups -OCH3 is 1. The van der Waals surface area contributed by atoms with Gasteiger partial charge in [0.2, 0.25) is 0 Å². The summed E-state index contributed by atoms with van der Waals surface area (Å²) >= 11 is 6.25. The molecule has 1 aromatic heterocycles. The Balaban J connectivity index is 1.45. The second-order valence-electron chi connectivity index (χ2n) is 8.91. The standard InChI is InChI=1S/C26H26ClN5O5/c1-36-19-4-2-3-17(13-19)14-24-28-23-7-8-31(16-21(23)25(29-24)30-9-11-37-12-10-30)26(33)20-6-5-18(32(34)35)15-22(20)27/h2-6,13,15H,7-12,14,16H2,1H3. The molecule has 0 atom stereocenters. The van der Waals surface area contributed by atoms with Gasteiger partial charge in [-0.25, -0.2) is 9.97 Å². The van der Waals surface area contributed by atoms with Crippen LogP contribution >= 0.6 is 11.6 Å².